The first kappa shape index (κ1) is 60.5. The number of amides is 1. The molecule has 0 aromatic carbocycles. The first-order valence-electron chi connectivity index (χ1n) is 24.7. The van der Waals surface area contributed by atoms with Crippen molar-refractivity contribution in [3.63, 3.8) is 0 Å². The molecule has 1 heterocycles. The lowest BCUT2D eigenvalue weighted by Gasteiger charge is -2.42. The van der Waals surface area contributed by atoms with Gasteiger partial charge in [-0.3, -0.25) is 8.98 Å². The van der Waals surface area contributed by atoms with Gasteiger partial charge in [-0.25, -0.2) is 8.42 Å². The van der Waals surface area contributed by atoms with E-state index in [9.17, 15) is 38.2 Å². The normalized spacial score (nSPS) is 20.5. The molecule has 1 aliphatic rings. The minimum absolute atomic E-state index is 0. The molecule has 14 heteroatoms. The summed E-state index contributed by atoms with van der Waals surface area (Å²) in [5.74, 6) is -0.271. The largest absolute Gasteiger partial charge is 0.726 e. The van der Waals surface area contributed by atoms with Gasteiger partial charge in [0.2, 0.25) is 16.3 Å². The number of aliphatic hydroxyl groups excluding tert-OH is 4. The Bertz CT molecular complexity index is 1190. The molecule has 1 amide bonds. The predicted octanol–water partition coefficient (Wildman–Crippen LogP) is 10.1. The molecule has 1 aliphatic heterocycles. The molecule has 0 bridgehead atoms. The molecule has 0 aliphatic carbocycles. The molecule has 62 heavy (non-hydrogen) atoms. The molecule has 13 nitrogen and oxygen atoms in total. The van der Waals surface area contributed by atoms with Gasteiger partial charge in [-0.15, -0.1) is 0 Å². The zero-order valence-corrected chi connectivity index (χ0v) is 40.3. The minimum atomic E-state index is -5.33. The molecular formula is C48H94N2O11S. The van der Waals surface area contributed by atoms with Crippen molar-refractivity contribution < 1.29 is 51.8 Å². The van der Waals surface area contributed by atoms with E-state index in [0.29, 0.717) is 6.42 Å². The molecule has 0 radical (unpaired) electrons. The van der Waals surface area contributed by atoms with Crippen molar-refractivity contribution in [1.82, 2.24) is 11.5 Å². The van der Waals surface area contributed by atoms with Gasteiger partial charge in [0.25, 0.3) is 0 Å². The third-order valence-corrected chi connectivity index (χ3v) is 12.2. The van der Waals surface area contributed by atoms with Crippen LogP contribution in [-0.4, -0.2) is 95.4 Å². The number of carbonyl (C=O) groups is 1. The average molecular weight is 907 g/mol. The Morgan fingerprint density at radius 3 is 1.48 bits per heavy atom. The maximum atomic E-state index is 13.0. The standard InChI is InChI=1S/C48H91NO11S.H3N/c1-3-5-7-9-11-13-15-17-18-19-20-21-22-23-24-26-28-30-32-34-36-38-44(52)49-41(42(51)37-35-33-31-29-27-25-16-14-12-10-8-6-4-2)40-58-48-46(54)47(60-61(55,56)57)45(53)43(39-50)59-48;/h17-18,35,37,41-43,45-48,50-51,53-54H,3-16,19-34,36,38-40H2,1-2H3,(H,49,52)(H,55,56,57);1H3/b18-17-,37-35+;/t41-,42+,43?,45?,46?,47-,48-;/m0./s1. The average Bonchev–Trinajstić information content (AvgIpc) is 3.23. The summed E-state index contributed by atoms with van der Waals surface area (Å²) >= 11 is 0. The highest BCUT2D eigenvalue weighted by Gasteiger charge is 2.47. The van der Waals surface area contributed by atoms with E-state index in [2.05, 4.69) is 35.5 Å². The molecule has 0 aromatic heterocycles. The second-order valence-corrected chi connectivity index (χ2v) is 18.4. The Labute approximate surface area is 378 Å². The Kier molecular flexibility index (Phi) is 40.0. The molecule has 1 saturated heterocycles. The predicted molar refractivity (Wildman–Crippen MR) is 250 cm³/mol. The van der Waals surface area contributed by atoms with Crippen LogP contribution in [0.2, 0.25) is 0 Å². The lowest BCUT2D eigenvalue weighted by molar-refractivity contribution is -0.298. The first-order chi connectivity index (χ1) is 29.5. The third-order valence-electron chi connectivity index (χ3n) is 11.7. The zero-order valence-electron chi connectivity index (χ0n) is 39.4. The number of carbonyl (C=O) groups excluding carboxylic acids is 1. The van der Waals surface area contributed by atoms with Crippen molar-refractivity contribution in [3.05, 3.63) is 24.3 Å². The molecular weight excluding hydrogens is 813 g/mol. The van der Waals surface area contributed by atoms with Crippen LogP contribution in [0.1, 0.15) is 219 Å². The number of hydrogen-bond acceptors (Lipinski definition) is 11. The van der Waals surface area contributed by atoms with Crippen LogP contribution in [0.15, 0.2) is 24.3 Å². The smallest absolute Gasteiger partial charge is 0.220 e. The highest BCUT2D eigenvalue weighted by Crippen LogP contribution is 2.26. The molecule has 9 N–H and O–H groups in total. The number of quaternary nitrogens is 1. The van der Waals surface area contributed by atoms with Gasteiger partial charge < -0.3 is 45.9 Å². The fourth-order valence-electron chi connectivity index (χ4n) is 7.86. The van der Waals surface area contributed by atoms with Gasteiger partial charge in [0.1, 0.15) is 24.4 Å². The fraction of sp³-hybridized carbons (Fsp3) is 0.896. The molecule has 0 aromatic rings. The number of hydrogen-bond donors (Lipinski definition) is 6. The highest BCUT2D eigenvalue weighted by molar-refractivity contribution is 7.80. The number of nitrogens with one attached hydrogen (secondary N) is 1. The van der Waals surface area contributed by atoms with Crippen molar-refractivity contribution in [2.45, 2.75) is 262 Å². The van der Waals surface area contributed by atoms with Crippen molar-refractivity contribution in [1.29, 1.82) is 0 Å². The van der Waals surface area contributed by atoms with Crippen molar-refractivity contribution in [2.75, 3.05) is 13.2 Å². The van der Waals surface area contributed by atoms with Crippen LogP contribution in [0.25, 0.3) is 0 Å². The van der Waals surface area contributed by atoms with Gasteiger partial charge >= 0.3 is 0 Å². The van der Waals surface area contributed by atoms with E-state index in [0.717, 1.165) is 38.5 Å². The van der Waals surface area contributed by atoms with E-state index in [-0.39, 0.29) is 25.1 Å². The minimum Gasteiger partial charge on any atom is -0.726 e. The summed E-state index contributed by atoms with van der Waals surface area (Å²) < 4.78 is 49.3. The van der Waals surface area contributed by atoms with Gasteiger partial charge in [-0.1, -0.05) is 192 Å². The van der Waals surface area contributed by atoms with Crippen LogP contribution < -0.4 is 11.5 Å². The second kappa shape index (κ2) is 41.0. The van der Waals surface area contributed by atoms with Crippen LogP contribution in [0.3, 0.4) is 0 Å². The summed E-state index contributed by atoms with van der Waals surface area (Å²) in [5.41, 5.74) is 0. The first-order valence-corrected chi connectivity index (χ1v) is 26.0. The van der Waals surface area contributed by atoms with E-state index in [1.54, 1.807) is 6.08 Å². The van der Waals surface area contributed by atoms with E-state index < -0.39 is 59.9 Å². The maximum Gasteiger partial charge on any atom is 0.220 e. The lowest BCUT2D eigenvalue weighted by atomic mass is 9.99. The number of aliphatic hydroxyl groups is 4. The zero-order chi connectivity index (χ0) is 44.8. The van der Waals surface area contributed by atoms with Gasteiger partial charge in [-0.05, 0) is 44.9 Å². The van der Waals surface area contributed by atoms with Crippen LogP contribution in [0.4, 0.5) is 0 Å². The molecule has 368 valence electrons. The molecule has 1 fully saturated rings. The van der Waals surface area contributed by atoms with Crippen molar-refractivity contribution in [2.24, 2.45) is 0 Å². The second-order valence-electron chi connectivity index (χ2n) is 17.4. The van der Waals surface area contributed by atoms with Crippen molar-refractivity contribution >= 4 is 16.3 Å². The maximum absolute atomic E-state index is 13.0. The molecule has 1 rings (SSSR count). The summed E-state index contributed by atoms with van der Waals surface area (Å²) in [7, 11) is -5.33. The van der Waals surface area contributed by atoms with E-state index in [1.807, 2.05) is 6.08 Å². The number of ether oxygens (including phenoxy) is 2. The molecule has 7 atom stereocenters. The lowest BCUT2D eigenvalue weighted by Crippen LogP contribution is -2.61. The van der Waals surface area contributed by atoms with Crippen LogP contribution in [0, 0.1) is 0 Å². The third kappa shape index (κ3) is 33.1. The summed E-state index contributed by atoms with van der Waals surface area (Å²) in [6.07, 6.45) is 36.1. The Morgan fingerprint density at radius 1 is 0.661 bits per heavy atom. The molecule has 0 saturated carbocycles. The molecule has 3 unspecified atom stereocenters. The summed E-state index contributed by atoms with van der Waals surface area (Å²) in [4.78, 5) is 13.0. The Balaban J connectivity index is 0.0000372. The monoisotopic (exact) mass is 907 g/mol. The Morgan fingerprint density at radius 2 is 1.06 bits per heavy atom. The van der Waals surface area contributed by atoms with Crippen LogP contribution in [0.5, 0.6) is 0 Å². The van der Waals surface area contributed by atoms with Gasteiger partial charge in [0.05, 0.1) is 25.4 Å². The Hall–Kier alpha value is -1.46. The van der Waals surface area contributed by atoms with E-state index in [1.165, 1.54) is 154 Å². The van der Waals surface area contributed by atoms with Crippen molar-refractivity contribution in [3.8, 4) is 0 Å². The van der Waals surface area contributed by atoms with Gasteiger partial charge in [0, 0.05) is 6.42 Å². The highest BCUT2D eigenvalue weighted by atomic mass is 32.3. The summed E-state index contributed by atoms with van der Waals surface area (Å²) in [6, 6.07) is -0.953. The SMILES string of the molecule is CCCCCCCC/C=C\CCCCCCCCCCCCCC(=O)N[C@@H](CO[C@H]1OC(CO)C(O)[C@H](OS(=O)(=O)[O-])C1O)[C@H](O)/C=C/CCCCCCCCCCCCC.[NH4+]. The fourth-order valence-corrected chi connectivity index (χ4v) is 8.36. The van der Waals surface area contributed by atoms with E-state index >= 15 is 0 Å². The quantitative estimate of drug-likeness (QED) is 0.0146. The summed E-state index contributed by atoms with van der Waals surface area (Å²) in [6.45, 7) is 3.35. The van der Waals surface area contributed by atoms with Gasteiger partial charge in [-0.2, -0.15) is 0 Å². The van der Waals surface area contributed by atoms with Crippen LogP contribution >= 0.6 is 0 Å². The molecule has 0 spiro atoms. The topological polar surface area (TPSA) is 231 Å². The summed E-state index contributed by atoms with van der Waals surface area (Å²) in [5, 5.41) is 44.6. The number of unbranched alkanes of at least 4 members (excludes halogenated alkanes) is 28. The number of rotatable bonds is 42. The van der Waals surface area contributed by atoms with E-state index in [4.69, 9.17) is 9.47 Å². The number of allylic oxidation sites excluding steroid dienone is 3. The van der Waals surface area contributed by atoms with Crippen LogP contribution in [-0.2, 0) is 28.9 Å². The van der Waals surface area contributed by atoms with Gasteiger partial charge in [0.15, 0.2) is 6.29 Å².